The maximum absolute atomic E-state index is 12.3. The van der Waals surface area contributed by atoms with Crippen molar-refractivity contribution in [3.63, 3.8) is 0 Å². The van der Waals surface area contributed by atoms with E-state index in [1.807, 2.05) is 35.7 Å². The Labute approximate surface area is 143 Å². The lowest BCUT2D eigenvalue weighted by molar-refractivity contribution is -0.115. The lowest BCUT2D eigenvalue weighted by atomic mass is 10.1. The highest BCUT2D eigenvalue weighted by Gasteiger charge is 2.18. The quantitative estimate of drug-likeness (QED) is 0.571. The van der Waals surface area contributed by atoms with Gasteiger partial charge in [-0.15, -0.1) is 10.2 Å². The molecule has 24 heavy (non-hydrogen) atoms. The minimum atomic E-state index is -0.343. The number of hydrogen-bond donors (Lipinski definition) is 1. The number of nitrogens with one attached hydrogen (secondary N) is 1. The van der Waals surface area contributed by atoms with Crippen molar-refractivity contribution in [2.75, 3.05) is 5.32 Å². The van der Waals surface area contributed by atoms with Crippen molar-refractivity contribution >= 4 is 34.8 Å². The number of amides is 1. The first-order valence-electron chi connectivity index (χ1n) is 7.43. The molecule has 122 valence electrons. The molecule has 0 aliphatic carbocycles. The second-order valence-electron chi connectivity index (χ2n) is 5.29. The van der Waals surface area contributed by atoms with Crippen molar-refractivity contribution in [1.82, 2.24) is 14.6 Å². The molecule has 3 aromatic rings. The van der Waals surface area contributed by atoms with Crippen molar-refractivity contribution in [1.29, 1.82) is 0 Å². The first kappa shape index (κ1) is 16.2. The van der Waals surface area contributed by atoms with E-state index in [2.05, 4.69) is 15.5 Å². The molecule has 2 aromatic heterocycles. The fourth-order valence-electron chi connectivity index (χ4n) is 2.14. The van der Waals surface area contributed by atoms with Crippen LogP contribution in [0.3, 0.4) is 0 Å². The molecule has 0 fully saturated rings. The molecule has 0 aliphatic heterocycles. The van der Waals surface area contributed by atoms with Gasteiger partial charge in [-0.1, -0.05) is 17.8 Å². The number of carbonyl (C=O) groups is 2. The van der Waals surface area contributed by atoms with Gasteiger partial charge < -0.3 is 5.32 Å². The summed E-state index contributed by atoms with van der Waals surface area (Å²) in [6.07, 6.45) is 1.86. The third kappa shape index (κ3) is 3.46. The number of aromatic nitrogens is 3. The van der Waals surface area contributed by atoms with Gasteiger partial charge in [-0.05, 0) is 50.2 Å². The standard InChI is InChI=1S/C17H16N4O2S/c1-11(22)13-6-8-14(9-7-13)18-16(23)12(2)24-17-20-19-15-5-3-4-10-21(15)17/h3-10,12H,1-2H3,(H,18,23)/t12-/m0/s1. The van der Waals surface area contributed by atoms with Crippen LogP contribution in [0.1, 0.15) is 24.2 Å². The minimum Gasteiger partial charge on any atom is -0.325 e. The molecule has 0 bridgehead atoms. The molecule has 1 N–H and O–H groups in total. The Morgan fingerprint density at radius 2 is 1.88 bits per heavy atom. The van der Waals surface area contributed by atoms with E-state index in [1.165, 1.54) is 18.7 Å². The van der Waals surface area contributed by atoms with Crippen LogP contribution >= 0.6 is 11.8 Å². The number of rotatable bonds is 5. The topological polar surface area (TPSA) is 76.4 Å². The highest BCUT2D eigenvalue weighted by molar-refractivity contribution is 8.00. The zero-order valence-electron chi connectivity index (χ0n) is 13.3. The first-order valence-corrected chi connectivity index (χ1v) is 8.31. The Bertz CT molecular complexity index is 889. The predicted octanol–water partition coefficient (Wildman–Crippen LogP) is 3.05. The van der Waals surface area contributed by atoms with Crippen LogP contribution in [0.25, 0.3) is 5.65 Å². The van der Waals surface area contributed by atoms with E-state index in [0.717, 1.165) is 5.65 Å². The predicted molar refractivity (Wildman–Crippen MR) is 93.4 cm³/mol. The Balaban J connectivity index is 1.67. The summed E-state index contributed by atoms with van der Waals surface area (Å²) in [4.78, 5) is 23.6. The molecule has 1 amide bonds. The van der Waals surface area contributed by atoms with Gasteiger partial charge in [-0.2, -0.15) is 0 Å². The molecule has 0 radical (unpaired) electrons. The van der Waals surface area contributed by atoms with Crippen molar-refractivity contribution < 1.29 is 9.59 Å². The molecule has 1 atom stereocenters. The van der Waals surface area contributed by atoms with Crippen LogP contribution in [0.2, 0.25) is 0 Å². The molecule has 0 saturated carbocycles. The average molecular weight is 340 g/mol. The first-order chi connectivity index (χ1) is 11.5. The molecule has 3 rings (SSSR count). The summed E-state index contributed by atoms with van der Waals surface area (Å²) in [5.74, 6) is -0.140. The van der Waals surface area contributed by atoms with Gasteiger partial charge in [0.1, 0.15) is 0 Å². The van der Waals surface area contributed by atoms with Gasteiger partial charge in [0.25, 0.3) is 0 Å². The third-order valence-electron chi connectivity index (χ3n) is 3.49. The fourth-order valence-corrected chi connectivity index (χ4v) is 2.98. The lowest BCUT2D eigenvalue weighted by Gasteiger charge is -2.11. The number of anilines is 1. The summed E-state index contributed by atoms with van der Waals surface area (Å²) in [7, 11) is 0. The van der Waals surface area contributed by atoms with E-state index in [9.17, 15) is 9.59 Å². The van der Waals surface area contributed by atoms with E-state index in [4.69, 9.17) is 0 Å². The summed E-state index contributed by atoms with van der Waals surface area (Å²) in [5, 5.41) is 11.3. The Kier molecular flexibility index (Phi) is 4.61. The summed E-state index contributed by atoms with van der Waals surface area (Å²) >= 11 is 1.34. The van der Waals surface area contributed by atoms with Gasteiger partial charge >= 0.3 is 0 Å². The number of ketones is 1. The van der Waals surface area contributed by atoms with E-state index in [0.29, 0.717) is 16.4 Å². The number of fused-ring (bicyclic) bond motifs is 1. The number of hydrogen-bond acceptors (Lipinski definition) is 5. The van der Waals surface area contributed by atoms with Crippen LogP contribution in [-0.2, 0) is 4.79 Å². The second-order valence-corrected chi connectivity index (χ2v) is 6.60. The monoisotopic (exact) mass is 340 g/mol. The van der Waals surface area contributed by atoms with Crippen molar-refractivity contribution in [3.05, 3.63) is 54.2 Å². The normalized spacial score (nSPS) is 12.1. The summed E-state index contributed by atoms with van der Waals surface area (Å²) < 4.78 is 1.84. The van der Waals surface area contributed by atoms with Gasteiger partial charge in [-0.25, -0.2) is 0 Å². The second kappa shape index (κ2) is 6.84. The largest absolute Gasteiger partial charge is 0.325 e. The molecule has 2 heterocycles. The van der Waals surface area contributed by atoms with E-state index >= 15 is 0 Å². The maximum Gasteiger partial charge on any atom is 0.237 e. The molecule has 0 unspecified atom stereocenters. The average Bonchev–Trinajstić information content (AvgIpc) is 2.98. The highest BCUT2D eigenvalue weighted by atomic mass is 32.2. The number of pyridine rings is 1. The van der Waals surface area contributed by atoms with Crippen molar-refractivity contribution in [3.8, 4) is 0 Å². The SMILES string of the molecule is CC(=O)c1ccc(NC(=O)[C@H](C)Sc2nnc3ccccn23)cc1. The Morgan fingerprint density at radius 1 is 1.12 bits per heavy atom. The number of nitrogens with zero attached hydrogens (tertiary/aromatic N) is 3. The van der Waals surface area contributed by atoms with Crippen LogP contribution in [0.5, 0.6) is 0 Å². The van der Waals surface area contributed by atoms with Gasteiger partial charge in [0.2, 0.25) is 5.91 Å². The van der Waals surface area contributed by atoms with Crippen molar-refractivity contribution in [2.45, 2.75) is 24.3 Å². The number of benzene rings is 1. The number of Topliss-reactive ketones (excluding diaryl/α,β-unsaturated/α-hetero) is 1. The highest BCUT2D eigenvalue weighted by Crippen LogP contribution is 2.23. The number of carbonyl (C=O) groups excluding carboxylic acids is 2. The smallest absolute Gasteiger partial charge is 0.237 e. The third-order valence-corrected chi connectivity index (χ3v) is 4.55. The van der Waals surface area contributed by atoms with E-state index < -0.39 is 0 Å². The molecular formula is C17H16N4O2S. The van der Waals surface area contributed by atoms with Gasteiger partial charge in [0.05, 0.1) is 5.25 Å². The summed E-state index contributed by atoms with van der Waals surface area (Å²) in [5.41, 5.74) is 2.02. The van der Waals surface area contributed by atoms with Crippen LogP contribution < -0.4 is 5.32 Å². The fraction of sp³-hybridized carbons (Fsp3) is 0.176. The summed E-state index contributed by atoms with van der Waals surface area (Å²) in [6, 6.07) is 12.5. The van der Waals surface area contributed by atoms with Crippen LogP contribution in [0.4, 0.5) is 5.69 Å². The number of thioether (sulfide) groups is 1. The lowest BCUT2D eigenvalue weighted by Crippen LogP contribution is -2.22. The molecule has 0 saturated heterocycles. The van der Waals surface area contributed by atoms with Crippen LogP contribution in [0.15, 0.2) is 53.8 Å². The molecule has 0 spiro atoms. The summed E-state index contributed by atoms with van der Waals surface area (Å²) in [6.45, 7) is 3.32. The zero-order valence-corrected chi connectivity index (χ0v) is 14.1. The maximum atomic E-state index is 12.3. The van der Waals surface area contributed by atoms with Crippen LogP contribution in [-0.4, -0.2) is 31.5 Å². The van der Waals surface area contributed by atoms with E-state index in [1.54, 1.807) is 24.3 Å². The van der Waals surface area contributed by atoms with Gasteiger partial charge in [0.15, 0.2) is 16.6 Å². The Hall–Kier alpha value is -2.67. The minimum absolute atomic E-state index is 0.00418. The Morgan fingerprint density at radius 3 is 2.58 bits per heavy atom. The van der Waals surface area contributed by atoms with Gasteiger partial charge in [0, 0.05) is 17.4 Å². The molecule has 0 aliphatic rings. The molecule has 6 nitrogen and oxygen atoms in total. The molecule has 1 aromatic carbocycles. The molecule has 7 heteroatoms. The zero-order chi connectivity index (χ0) is 17.1. The van der Waals surface area contributed by atoms with E-state index in [-0.39, 0.29) is 16.9 Å². The van der Waals surface area contributed by atoms with Gasteiger partial charge in [-0.3, -0.25) is 14.0 Å². The van der Waals surface area contributed by atoms with Crippen LogP contribution in [0, 0.1) is 0 Å². The van der Waals surface area contributed by atoms with Crippen molar-refractivity contribution in [2.24, 2.45) is 0 Å². The molecular weight excluding hydrogens is 324 g/mol.